The summed E-state index contributed by atoms with van der Waals surface area (Å²) < 4.78 is 13.5. The number of nitriles is 2. The van der Waals surface area contributed by atoms with E-state index in [4.69, 9.17) is 5.26 Å². The van der Waals surface area contributed by atoms with Gasteiger partial charge in [0.1, 0.15) is 18.0 Å². The van der Waals surface area contributed by atoms with Crippen molar-refractivity contribution in [2.24, 2.45) is 17.8 Å². The number of anilines is 1. The molecule has 3 aromatic rings. The average molecular weight is 526 g/mol. The molecule has 1 aromatic carbocycles. The van der Waals surface area contributed by atoms with Gasteiger partial charge in [-0.05, 0) is 42.0 Å². The fourth-order valence-electron chi connectivity index (χ4n) is 5.99. The van der Waals surface area contributed by atoms with Crippen molar-refractivity contribution in [1.29, 1.82) is 10.5 Å². The number of rotatable bonds is 4. The molecule has 2 aromatic heterocycles. The molecule has 0 aliphatic carbocycles. The van der Waals surface area contributed by atoms with Crippen LogP contribution in [0.4, 0.5) is 10.2 Å². The Labute approximate surface area is 226 Å². The van der Waals surface area contributed by atoms with Crippen molar-refractivity contribution in [2.45, 2.75) is 25.4 Å². The summed E-state index contributed by atoms with van der Waals surface area (Å²) in [5.74, 6) is -1.13. The topological polar surface area (TPSA) is 130 Å². The minimum absolute atomic E-state index is 0.0462. The number of halogens is 1. The Balaban J connectivity index is 1.41. The molecule has 0 radical (unpaired) electrons. The summed E-state index contributed by atoms with van der Waals surface area (Å²) in [6.45, 7) is 5.36. The summed E-state index contributed by atoms with van der Waals surface area (Å²) in [6.07, 6.45) is 1.51. The van der Waals surface area contributed by atoms with Gasteiger partial charge in [0.25, 0.3) is 0 Å². The number of benzene rings is 1. The van der Waals surface area contributed by atoms with Gasteiger partial charge in [-0.3, -0.25) is 9.78 Å². The zero-order valence-electron chi connectivity index (χ0n) is 21.7. The number of piperidine rings is 1. The summed E-state index contributed by atoms with van der Waals surface area (Å²) in [4.78, 5) is 22.3. The van der Waals surface area contributed by atoms with Crippen LogP contribution >= 0.6 is 0 Å². The fraction of sp³-hybridized carbons (Fsp3) is 0.379. The molecule has 1 amide bonds. The molecule has 9 nitrogen and oxygen atoms in total. The number of pyridine rings is 1. The lowest BCUT2D eigenvalue weighted by Crippen LogP contribution is -2.57. The number of aromatic nitrogens is 3. The Morgan fingerprint density at radius 1 is 0.974 bits per heavy atom. The molecule has 10 heteroatoms. The van der Waals surface area contributed by atoms with Crippen LogP contribution in [0.15, 0.2) is 54.7 Å². The van der Waals surface area contributed by atoms with Gasteiger partial charge in [-0.15, -0.1) is 10.2 Å². The van der Waals surface area contributed by atoms with Crippen LogP contribution in [-0.2, 0) is 10.4 Å². The van der Waals surface area contributed by atoms with Gasteiger partial charge in [-0.2, -0.15) is 10.5 Å². The van der Waals surface area contributed by atoms with Crippen molar-refractivity contribution in [1.82, 2.24) is 20.1 Å². The summed E-state index contributed by atoms with van der Waals surface area (Å²) in [7, 11) is 0. The highest BCUT2D eigenvalue weighted by atomic mass is 19.1. The number of hydrogen-bond donors (Lipinski definition) is 1. The summed E-state index contributed by atoms with van der Waals surface area (Å²) in [5.41, 5.74) is 0.798. The van der Waals surface area contributed by atoms with Crippen LogP contribution in [0.1, 0.15) is 42.3 Å². The average Bonchev–Trinajstić information content (AvgIpc) is 3.41. The summed E-state index contributed by atoms with van der Waals surface area (Å²) in [5, 5.41) is 38.1. The molecule has 1 unspecified atom stereocenters. The van der Waals surface area contributed by atoms with Crippen LogP contribution in [0.25, 0.3) is 0 Å². The zero-order valence-corrected chi connectivity index (χ0v) is 21.7. The van der Waals surface area contributed by atoms with Crippen LogP contribution < -0.4 is 4.90 Å². The second-order valence-corrected chi connectivity index (χ2v) is 10.5. The van der Waals surface area contributed by atoms with Crippen LogP contribution in [0.2, 0.25) is 0 Å². The van der Waals surface area contributed by atoms with Gasteiger partial charge in [0, 0.05) is 55.8 Å². The van der Waals surface area contributed by atoms with Gasteiger partial charge in [0.05, 0.1) is 17.1 Å². The van der Waals surface area contributed by atoms with Crippen LogP contribution in [0.5, 0.6) is 0 Å². The molecular weight excluding hydrogens is 497 g/mol. The van der Waals surface area contributed by atoms with E-state index < -0.39 is 11.5 Å². The first kappa shape index (κ1) is 26.2. The van der Waals surface area contributed by atoms with Gasteiger partial charge in [-0.1, -0.05) is 26.0 Å². The van der Waals surface area contributed by atoms with E-state index in [1.165, 1.54) is 18.3 Å². The lowest BCUT2D eigenvalue weighted by molar-refractivity contribution is -0.152. The number of hydrogen-bond acceptors (Lipinski definition) is 8. The highest BCUT2D eigenvalue weighted by molar-refractivity contribution is 5.82. The summed E-state index contributed by atoms with van der Waals surface area (Å²) >= 11 is 0. The Morgan fingerprint density at radius 2 is 1.69 bits per heavy atom. The first-order valence-corrected chi connectivity index (χ1v) is 12.9. The van der Waals surface area contributed by atoms with Crippen molar-refractivity contribution in [3.63, 3.8) is 0 Å². The quantitative estimate of drug-likeness (QED) is 0.550. The number of carbonyl (C=O) groups is 1. The summed E-state index contributed by atoms with van der Waals surface area (Å²) in [6, 6.07) is 16.7. The smallest absolute Gasteiger partial charge is 0.228 e. The van der Waals surface area contributed by atoms with E-state index in [0.29, 0.717) is 48.8 Å². The predicted octanol–water partition coefficient (Wildman–Crippen LogP) is 2.98. The van der Waals surface area contributed by atoms with Gasteiger partial charge < -0.3 is 14.9 Å². The standard InChI is InChI=1S/C29H28FN7O2/c1-18-14-37(15-19(2)29(18,39)21-4-6-22(30)7-5-21)28(38)25-17-36(27-10-8-23(12-32)34-35-27)16-24(25)26-9-3-20(11-31)13-33-26/h3-10,13,18-19,24-25,39H,14-17H2,1-2H3/t18-,19+,24-,25+,29?/m1/s1. The fourth-order valence-corrected chi connectivity index (χ4v) is 5.99. The molecule has 39 heavy (non-hydrogen) atoms. The minimum Gasteiger partial charge on any atom is -0.384 e. The molecule has 4 heterocycles. The number of amides is 1. The monoisotopic (exact) mass is 525 g/mol. The third-order valence-corrected chi connectivity index (χ3v) is 8.13. The molecule has 2 saturated heterocycles. The van der Waals surface area contributed by atoms with Crippen LogP contribution in [-0.4, -0.2) is 57.3 Å². The molecule has 198 valence electrons. The van der Waals surface area contributed by atoms with Crippen molar-refractivity contribution in [3.8, 4) is 12.1 Å². The third-order valence-electron chi connectivity index (χ3n) is 8.13. The number of carbonyl (C=O) groups excluding carboxylic acids is 1. The van der Waals surface area contributed by atoms with E-state index in [9.17, 15) is 19.6 Å². The highest BCUT2D eigenvalue weighted by Crippen LogP contribution is 2.43. The molecule has 5 rings (SSSR count). The number of likely N-dealkylation sites (tertiary alicyclic amines) is 1. The van der Waals surface area contributed by atoms with Crippen molar-refractivity contribution in [2.75, 3.05) is 31.1 Å². The first-order chi connectivity index (χ1) is 18.7. The van der Waals surface area contributed by atoms with E-state index in [2.05, 4.69) is 21.3 Å². The molecule has 2 aliphatic rings. The molecule has 2 aliphatic heterocycles. The molecule has 5 atom stereocenters. The Bertz CT molecular complexity index is 1420. The third kappa shape index (κ3) is 4.80. The van der Waals surface area contributed by atoms with Crippen molar-refractivity contribution < 1.29 is 14.3 Å². The second kappa shape index (κ2) is 10.4. The van der Waals surface area contributed by atoms with Crippen molar-refractivity contribution in [3.05, 3.63) is 83.1 Å². The maximum absolute atomic E-state index is 14.1. The van der Waals surface area contributed by atoms with E-state index >= 15 is 0 Å². The Hall–Kier alpha value is -4.41. The van der Waals surface area contributed by atoms with Gasteiger partial charge >= 0.3 is 0 Å². The molecule has 0 bridgehead atoms. The number of aliphatic hydroxyl groups is 1. The molecular formula is C29H28FN7O2. The predicted molar refractivity (Wildman–Crippen MR) is 139 cm³/mol. The van der Waals surface area contributed by atoms with Crippen LogP contribution in [0, 0.1) is 46.2 Å². The maximum Gasteiger partial charge on any atom is 0.228 e. The second-order valence-electron chi connectivity index (χ2n) is 10.5. The number of nitrogens with zero attached hydrogens (tertiary/aromatic N) is 7. The highest BCUT2D eigenvalue weighted by Gasteiger charge is 2.49. The van der Waals surface area contributed by atoms with Gasteiger partial charge in [-0.25, -0.2) is 4.39 Å². The van der Waals surface area contributed by atoms with Gasteiger partial charge in [0.2, 0.25) is 5.91 Å². The van der Waals surface area contributed by atoms with E-state index in [1.807, 2.05) is 29.7 Å². The van der Waals surface area contributed by atoms with E-state index in [0.717, 1.165) is 0 Å². The van der Waals surface area contributed by atoms with E-state index in [-0.39, 0.29) is 35.2 Å². The zero-order chi connectivity index (χ0) is 27.7. The largest absolute Gasteiger partial charge is 0.384 e. The maximum atomic E-state index is 14.1. The van der Waals surface area contributed by atoms with Crippen LogP contribution in [0.3, 0.4) is 0 Å². The molecule has 1 N–H and O–H groups in total. The molecule has 0 saturated carbocycles. The minimum atomic E-state index is -1.20. The normalized spacial score (nSPS) is 26.6. The van der Waals surface area contributed by atoms with E-state index in [1.54, 1.807) is 36.4 Å². The molecule has 0 spiro atoms. The molecule has 2 fully saturated rings. The SMILES string of the molecule is C[C@@H]1CN(C(=O)[C@H]2CN(c3ccc(C#N)nn3)C[C@H]2c2ccc(C#N)cn2)C[C@H](C)C1(O)c1ccc(F)cc1. The van der Waals surface area contributed by atoms with Crippen molar-refractivity contribution >= 4 is 11.7 Å². The lowest BCUT2D eigenvalue weighted by atomic mass is 9.70. The Morgan fingerprint density at radius 3 is 2.26 bits per heavy atom. The first-order valence-electron chi connectivity index (χ1n) is 12.9. The van der Waals surface area contributed by atoms with Gasteiger partial charge in [0.15, 0.2) is 11.5 Å². The Kier molecular flexibility index (Phi) is 6.98. The lowest BCUT2D eigenvalue weighted by Gasteiger charge is -2.48.